The second-order valence-corrected chi connectivity index (χ2v) is 9.06. The molecule has 7 heteroatoms. The molecule has 0 bridgehead atoms. The minimum Gasteiger partial charge on any atom is -0.468 e. The fourth-order valence-corrected chi connectivity index (χ4v) is 6.24. The molecule has 6 nitrogen and oxygen atoms in total. The van der Waals surface area contributed by atoms with Crippen LogP contribution in [0.25, 0.3) is 11.1 Å². The van der Waals surface area contributed by atoms with Crippen LogP contribution in [0.4, 0.5) is 4.39 Å². The molecular weight excluding hydrogens is 423 g/mol. The topological polar surface area (TPSA) is 66.9 Å². The molecular formula is C26H27FN2O4. The van der Waals surface area contributed by atoms with Crippen molar-refractivity contribution in [2.75, 3.05) is 20.2 Å². The van der Waals surface area contributed by atoms with Gasteiger partial charge in [-0.3, -0.25) is 24.2 Å². The summed E-state index contributed by atoms with van der Waals surface area (Å²) in [6.45, 7) is 2.70. The summed E-state index contributed by atoms with van der Waals surface area (Å²) in [4.78, 5) is 43.4. The first-order chi connectivity index (χ1) is 15.9. The molecule has 3 aliphatic heterocycles. The van der Waals surface area contributed by atoms with Gasteiger partial charge in [-0.05, 0) is 61.6 Å². The number of rotatable bonds is 4. The Hall–Kier alpha value is -3.06. The van der Waals surface area contributed by atoms with E-state index < -0.39 is 23.3 Å². The number of nitrogens with zero attached hydrogens (tertiary/aromatic N) is 2. The van der Waals surface area contributed by atoms with Gasteiger partial charge in [-0.1, -0.05) is 36.4 Å². The predicted molar refractivity (Wildman–Crippen MR) is 119 cm³/mol. The number of benzene rings is 2. The molecule has 0 aliphatic carbocycles. The summed E-state index contributed by atoms with van der Waals surface area (Å²) in [5.74, 6) is -2.55. The van der Waals surface area contributed by atoms with Gasteiger partial charge in [0.15, 0.2) is 0 Å². The SMILES string of the molecule is CCN1C(=O)C2C(c3ccc(-c4ccc(F)cc4)cc3)N3CCCC[C@@]3(C(=O)OC)C2C1=O. The lowest BCUT2D eigenvalue weighted by Gasteiger charge is -2.44. The van der Waals surface area contributed by atoms with Gasteiger partial charge in [0.1, 0.15) is 11.4 Å². The first kappa shape index (κ1) is 21.8. The lowest BCUT2D eigenvalue weighted by atomic mass is 9.75. The quantitative estimate of drug-likeness (QED) is 0.526. The van der Waals surface area contributed by atoms with Crippen LogP contribution in [0.1, 0.15) is 37.8 Å². The maximum absolute atomic E-state index is 13.4. The standard InChI is InChI=1S/C26H27FN2O4/c1-3-28-23(30)20-21(24(28)31)26(25(32)33-2)14-4-5-15-29(26)22(20)18-8-6-16(7-9-18)17-10-12-19(27)13-11-17/h6-13,20-22H,3-5,14-15H2,1-2H3/t20?,21?,22?,26-/m0/s1. The Kier molecular flexibility index (Phi) is 5.32. The zero-order valence-corrected chi connectivity index (χ0v) is 18.8. The largest absolute Gasteiger partial charge is 0.468 e. The molecule has 2 amide bonds. The Balaban J connectivity index is 1.60. The van der Waals surface area contributed by atoms with Crippen LogP contribution in [-0.2, 0) is 19.1 Å². The van der Waals surface area contributed by atoms with Gasteiger partial charge in [0.25, 0.3) is 0 Å². The van der Waals surface area contributed by atoms with Gasteiger partial charge in [-0.25, -0.2) is 4.39 Å². The van der Waals surface area contributed by atoms with Crippen molar-refractivity contribution in [2.24, 2.45) is 11.8 Å². The molecule has 3 aliphatic rings. The highest BCUT2D eigenvalue weighted by molar-refractivity contribution is 6.09. The fourth-order valence-electron chi connectivity index (χ4n) is 6.24. The van der Waals surface area contributed by atoms with Crippen molar-refractivity contribution in [2.45, 2.75) is 37.8 Å². The average molecular weight is 451 g/mol. The Bertz CT molecular complexity index is 1100. The van der Waals surface area contributed by atoms with Crippen LogP contribution in [-0.4, -0.2) is 53.3 Å². The highest BCUT2D eigenvalue weighted by atomic mass is 19.1. The molecule has 4 atom stereocenters. The number of esters is 1. The molecule has 172 valence electrons. The van der Waals surface area contributed by atoms with Gasteiger partial charge in [-0.15, -0.1) is 0 Å². The lowest BCUT2D eigenvalue weighted by Crippen LogP contribution is -2.59. The molecule has 3 heterocycles. The fraction of sp³-hybridized carbons (Fsp3) is 0.423. The number of carbonyl (C=O) groups excluding carboxylic acids is 3. The smallest absolute Gasteiger partial charge is 0.327 e. The van der Waals surface area contributed by atoms with Gasteiger partial charge in [0.05, 0.1) is 18.9 Å². The zero-order valence-electron chi connectivity index (χ0n) is 18.8. The first-order valence-electron chi connectivity index (χ1n) is 11.5. The molecule has 3 unspecified atom stereocenters. The van der Waals surface area contributed by atoms with Crippen LogP contribution in [0.2, 0.25) is 0 Å². The molecule has 0 spiro atoms. The van der Waals surface area contributed by atoms with Crippen LogP contribution in [0.15, 0.2) is 48.5 Å². The zero-order chi connectivity index (χ0) is 23.3. The lowest BCUT2D eigenvalue weighted by molar-refractivity contribution is -0.164. The van der Waals surface area contributed by atoms with Crippen LogP contribution in [0, 0.1) is 17.7 Å². The van der Waals surface area contributed by atoms with E-state index in [0.717, 1.165) is 29.5 Å². The van der Waals surface area contributed by atoms with Crippen LogP contribution in [0.5, 0.6) is 0 Å². The third kappa shape index (κ3) is 3.05. The van der Waals surface area contributed by atoms with Crippen LogP contribution >= 0.6 is 0 Å². The van der Waals surface area contributed by atoms with Gasteiger partial charge >= 0.3 is 5.97 Å². The normalized spacial score (nSPS) is 29.2. The number of imide groups is 1. The second-order valence-electron chi connectivity index (χ2n) is 9.06. The number of likely N-dealkylation sites (tertiary alicyclic amines) is 1. The Labute approximate surface area is 192 Å². The van der Waals surface area contributed by atoms with Gasteiger partial charge in [-0.2, -0.15) is 0 Å². The molecule has 2 aromatic rings. The van der Waals surface area contributed by atoms with E-state index in [1.165, 1.54) is 24.1 Å². The van der Waals surface area contributed by atoms with E-state index in [2.05, 4.69) is 4.90 Å². The highest BCUT2D eigenvalue weighted by Crippen LogP contribution is 2.58. The highest BCUT2D eigenvalue weighted by Gasteiger charge is 2.72. The summed E-state index contributed by atoms with van der Waals surface area (Å²) in [6.07, 6.45) is 2.20. The predicted octanol–water partition coefficient (Wildman–Crippen LogP) is 3.57. The summed E-state index contributed by atoms with van der Waals surface area (Å²) in [5.41, 5.74) is 1.59. The number of halogens is 1. The molecule has 5 rings (SSSR count). The number of carbonyl (C=O) groups is 3. The van der Waals surface area contributed by atoms with Crippen molar-refractivity contribution in [1.82, 2.24) is 9.80 Å². The third-order valence-electron chi connectivity index (χ3n) is 7.64. The monoisotopic (exact) mass is 450 g/mol. The minimum absolute atomic E-state index is 0.210. The number of amides is 2. The number of methoxy groups -OCH3 is 1. The molecule has 3 fully saturated rings. The van der Waals surface area contributed by atoms with Crippen molar-refractivity contribution in [3.8, 4) is 11.1 Å². The summed E-state index contributed by atoms with van der Waals surface area (Å²) >= 11 is 0. The minimum atomic E-state index is -1.12. The molecule has 0 saturated carbocycles. The van der Waals surface area contributed by atoms with Crippen molar-refractivity contribution in [1.29, 1.82) is 0 Å². The summed E-state index contributed by atoms with van der Waals surface area (Å²) in [5, 5.41) is 0. The first-order valence-corrected chi connectivity index (χ1v) is 11.5. The van der Waals surface area contributed by atoms with Gasteiger partial charge < -0.3 is 4.74 Å². The summed E-state index contributed by atoms with van der Waals surface area (Å²) in [7, 11) is 1.35. The van der Waals surface area contributed by atoms with Crippen molar-refractivity contribution in [3.05, 3.63) is 59.9 Å². The number of hydrogen-bond acceptors (Lipinski definition) is 5. The maximum atomic E-state index is 13.4. The maximum Gasteiger partial charge on any atom is 0.327 e. The Morgan fingerprint density at radius 1 is 1.03 bits per heavy atom. The molecule has 0 N–H and O–H groups in total. The number of hydrogen-bond donors (Lipinski definition) is 0. The molecule has 3 saturated heterocycles. The molecule has 0 radical (unpaired) electrons. The Morgan fingerprint density at radius 3 is 2.27 bits per heavy atom. The van der Waals surface area contributed by atoms with E-state index in [-0.39, 0.29) is 30.2 Å². The Morgan fingerprint density at radius 2 is 1.67 bits per heavy atom. The summed E-state index contributed by atoms with van der Waals surface area (Å²) in [6, 6.07) is 13.7. The molecule has 33 heavy (non-hydrogen) atoms. The van der Waals surface area contributed by atoms with E-state index in [1.807, 2.05) is 24.3 Å². The van der Waals surface area contributed by atoms with Crippen molar-refractivity contribution < 1.29 is 23.5 Å². The van der Waals surface area contributed by atoms with E-state index in [4.69, 9.17) is 4.74 Å². The second kappa shape index (κ2) is 8.06. The number of piperidine rings is 1. The van der Waals surface area contributed by atoms with Crippen molar-refractivity contribution in [3.63, 3.8) is 0 Å². The van der Waals surface area contributed by atoms with Gasteiger partial charge in [0.2, 0.25) is 11.8 Å². The third-order valence-corrected chi connectivity index (χ3v) is 7.64. The summed E-state index contributed by atoms with van der Waals surface area (Å²) < 4.78 is 18.5. The van der Waals surface area contributed by atoms with E-state index in [0.29, 0.717) is 13.0 Å². The van der Waals surface area contributed by atoms with E-state index in [1.54, 1.807) is 19.1 Å². The van der Waals surface area contributed by atoms with E-state index in [9.17, 15) is 18.8 Å². The van der Waals surface area contributed by atoms with Crippen LogP contribution in [0.3, 0.4) is 0 Å². The molecule has 0 aromatic heterocycles. The number of ether oxygens (including phenoxy) is 1. The van der Waals surface area contributed by atoms with Crippen LogP contribution < -0.4 is 0 Å². The average Bonchev–Trinajstić information content (AvgIpc) is 3.29. The number of fused-ring (bicyclic) bond motifs is 3. The van der Waals surface area contributed by atoms with Gasteiger partial charge in [0, 0.05) is 12.6 Å². The van der Waals surface area contributed by atoms with Crippen molar-refractivity contribution >= 4 is 17.8 Å². The molecule has 2 aromatic carbocycles. The van der Waals surface area contributed by atoms with E-state index >= 15 is 0 Å².